The zero-order valence-corrected chi connectivity index (χ0v) is 54.1. The van der Waals surface area contributed by atoms with Gasteiger partial charge in [-0.3, -0.25) is 23.9 Å². The van der Waals surface area contributed by atoms with Crippen LogP contribution >= 0.6 is 55.9 Å². The number of aryl methyl sites for hydroxylation is 3. The molecule has 0 amide bonds. The third-order valence-corrected chi connectivity index (χ3v) is 22.9. The summed E-state index contributed by atoms with van der Waals surface area (Å²) < 4.78 is 92.6. The Labute approximate surface area is 525 Å². The molecule has 0 aliphatic heterocycles. The number of thiazole rings is 3. The summed E-state index contributed by atoms with van der Waals surface area (Å²) in [5.41, 5.74) is 5.08. The van der Waals surface area contributed by atoms with Crippen molar-refractivity contribution in [2.45, 2.75) is 79.7 Å². The number of aromatic nitrogens is 3. The second-order valence-electron chi connectivity index (χ2n) is 19.1. The lowest BCUT2D eigenvalue weighted by Gasteiger charge is -2.27. The summed E-state index contributed by atoms with van der Waals surface area (Å²) in [6.45, 7) is 19.7. The fourth-order valence-electron chi connectivity index (χ4n) is 8.37. The maximum absolute atomic E-state index is 14.4. The minimum absolute atomic E-state index is 0.256. The van der Waals surface area contributed by atoms with E-state index in [1.54, 1.807) is 28.9 Å². The van der Waals surface area contributed by atoms with Crippen LogP contribution in [0.2, 0.25) is 0 Å². The quantitative estimate of drug-likeness (QED) is 0.0390. The number of hydrogen-bond acceptors (Lipinski definition) is 9. The molecule has 15 heteroatoms. The molecular formula is C70H77N6O3P3S3. The molecule has 2 atom stereocenters. The average Bonchev–Trinajstić information content (AvgIpc) is 1.26. The molecule has 0 saturated carbocycles. The molecule has 9 nitrogen and oxygen atoms in total. The first-order chi connectivity index (χ1) is 43.3. The first-order valence-corrected chi connectivity index (χ1v) is 35.0. The topological polar surface area (TPSA) is 126 Å². The van der Waals surface area contributed by atoms with Crippen LogP contribution < -0.4 is 42.0 Å². The minimum Gasteiger partial charge on any atom is -0.297 e. The number of hydrogen-bond donors (Lipinski definition) is 2. The van der Waals surface area contributed by atoms with E-state index in [4.69, 9.17) is 8.22 Å². The van der Waals surface area contributed by atoms with Crippen LogP contribution in [0.3, 0.4) is 0 Å². The van der Waals surface area contributed by atoms with Crippen molar-refractivity contribution in [2.24, 2.45) is 4.76 Å². The highest BCUT2D eigenvalue weighted by Gasteiger charge is 2.32. The van der Waals surface area contributed by atoms with Gasteiger partial charge in [-0.15, -0.1) is 53.7 Å². The molecule has 6 aromatic carbocycles. The molecule has 9 rings (SSSR count). The standard InChI is InChI=1S/2C23H25N2OPS.C20H19N2OPS.C4H8/c2*1-4-11-23(18(2)16-20-17-28-19(3)24-20)25-27(26,21-12-7-5-8-13-21)22-14-9-6-10-15-22;1-16(13-18-15-25-17(2)22-18)14-21-24(23,19-9-5-3-6-10-19)20-11-7-4-8-12-20;1-3-4-2/h2*4-10,12-17,23H,1,11H2,2-3H3,(H,25,26);3-15H,1-2H3;3H,1,4H2,2H3/b2*18-16+;16-13+,21-14?;/t2*23-;;/m11../s1/i11D2;1D2;;4D2. The zero-order valence-electron chi connectivity index (χ0n) is 55.0. The molecule has 0 spiro atoms. The van der Waals surface area contributed by atoms with E-state index in [1.807, 2.05) is 258 Å². The number of allylic oxidation sites excluding steroid dienone is 2. The lowest BCUT2D eigenvalue weighted by molar-refractivity contribution is 0.567. The van der Waals surface area contributed by atoms with Crippen molar-refractivity contribution in [1.29, 1.82) is 0 Å². The van der Waals surface area contributed by atoms with Crippen LogP contribution in [0.1, 0.15) is 87.2 Å². The second kappa shape index (κ2) is 34.2. The first-order valence-electron chi connectivity index (χ1n) is 30.2. The van der Waals surface area contributed by atoms with Crippen molar-refractivity contribution < 1.29 is 21.9 Å². The van der Waals surface area contributed by atoms with Gasteiger partial charge in [0.2, 0.25) is 21.9 Å². The van der Waals surface area contributed by atoms with E-state index in [2.05, 4.69) is 43.0 Å². The van der Waals surface area contributed by atoms with Gasteiger partial charge in [0.05, 0.1) is 34.8 Å². The van der Waals surface area contributed by atoms with Crippen LogP contribution in [0, 0.1) is 20.8 Å². The molecule has 2 N–H and O–H groups in total. The first kappa shape index (κ1) is 58.3. The van der Waals surface area contributed by atoms with Gasteiger partial charge in [-0.05, 0) is 157 Å². The molecule has 0 aliphatic carbocycles. The lowest BCUT2D eigenvalue weighted by atomic mass is 10.1. The van der Waals surface area contributed by atoms with Gasteiger partial charge in [0.15, 0.2) is 0 Å². The Bertz CT molecular complexity index is 3950. The fourth-order valence-corrected chi connectivity index (χ4v) is 17.1. The normalized spacial score (nSPS) is 14.1. The Morgan fingerprint density at radius 1 is 0.518 bits per heavy atom. The number of rotatable bonds is 22. The van der Waals surface area contributed by atoms with Crippen molar-refractivity contribution in [2.75, 3.05) is 0 Å². The van der Waals surface area contributed by atoms with Gasteiger partial charge in [-0.1, -0.05) is 145 Å². The molecule has 3 heterocycles. The van der Waals surface area contributed by atoms with Crippen LogP contribution in [0.15, 0.2) is 258 Å². The highest BCUT2D eigenvalue weighted by atomic mass is 32.1. The SMILES string of the molecule is C/C(C=NP(=O)(c1ccccc1)c1ccccc1)=C\c1csc(C)n1.[2H]C([2H])(C)C=C.[2H]C([2H])(C=C)[C@@H](NP(=O)(c1ccccc1)c1ccccc1)/C(C)=C/c1csc(C)n1.[2H]C([2H])=CC[C@@H](NP(=O)(c1ccccc1)c1ccccc1)/C(C)=C/c1csc(C)n1. The Hall–Kier alpha value is -7.07. The van der Waals surface area contributed by atoms with Crippen molar-refractivity contribution in [3.63, 3.8) is 0 Å². The van der Waals surface area contributed by atoms with E-state index in [-0.39, 0.29) is 12.6 Å². The van der Waals surface area contributed by atoms with Crippen molar-refractivity contribution in [1.82, 2.24) is 25.1 Å². The maximum atomic E-state index is 14.4. The van der Waals surface area contributed by atoms with Crippen LogP contribution in [0.25, 0.3) is 18.2 Å². The van der Waals surface area contributed by atoms with Gasteiger partial charge >= 0.3 is 0 Å². The summed E-state index contributed by atoms with van der Waals surface area (Å²) in [5.74, 6) is 0. The van der Waals surface area contributed by atoms with E-state index < -0.39 is 40.7 Å². The molecule has 438 valence electrons. The predicted octanol–water partition coefficient (Wildman–Crippen LogP) is 17.1. The third-order valence-electron chi connectivity index (χ3n) is 12.6. The Morgan fingerprint density at radius 2 is 0.835 bits per heavy atom. The largest absolute Gasteiger partial charge is 0.297 e. The van der Waals surface area contributed by atoms with Gasteiger partial charge in [0, 0.05) is 71.7 Å². The van der Waals surface area contributed by atoms with Crippen molar-refractivity contribution in [3.05, 3.63) is 285 Å². The van der Waals surface area contributed by atoms with Gasteiger partial charge < -0.3 is 0 Å². The Kier molecular flexibility index (Phi) is 23.4. The van der Waals surface area contributed by atoms with Crippen LogP contribution in [-0.4, -0.2) is 33.3 Å². The number of nitrogens with zero attached hydrogens (tertiary/aromatic N) is 4. The summed E-state index contributed by atoms with van der Waals surface area (Å²) in [4.78, 5) is 13.4. The van der Waals surface area contributed by atoms with Crippen LogP contribution in [0.4, 0.5) is 0 Å². The molecule has 85 heavy (non-hydrogen) atoms. The van der Waals surface area contributed by atoms with Crippen molar-refractivity contribution in [3.8, 4) is 0 Å². The summed E-state index contributed by atoms with van der Waals surface area (Å²) in [5, 5.41) is 19.6. The van der Waals surface area contributed by atoms with Gasteiger partial charge in [0.1, 0.15) is 0 Å². The minimum atomic E-state index is -3.34. The molecule has 0 saturated heterocycles. The second-order valence-corrected chi connectivity index (χ2v) is 29.8. The molecule has 0 unspecified atom stereocenters. The highest BCUT2D eigenvalue weighted by Crippen LogP contribution is 2.45. The molecule has 3 aromatic heterocycles. The average molecular weight is 1250 g/mol. The molecular weight excluding hydrogens is 1160 g/mol. The zero-order chi connectivity index (χ0) is 66.2. The Balaban J connectivity index is 0.000000208. The van der Waals surface area contributed by atoms with Crippen LogP contribution in [0.5, 0.6) is 0 Å². The van der Waals surface area contributed by atoms with Gasteiger partial charge in [-0.25, -0.2) is 19.7 Å². The predicted molar refractivity (Wildman–Crippen MR) is 373 cm³/mol. The summed E-state index contributed by atoms with van der Waals surface area (Å²) >= 11 is 4.72. The maximum Gasteiger partial charge on any atom is 0.247 e. The third kappa shape index (κ3) is 20.0. The van der Waals surface area contributed by atoms with E-state index in [0.717, 1.165) is 64.5 Å². The summed E-state index contributed by atoms with van der Waals surface area (Å²) in [7, 11) is -9.56. The highest BCUT2D eigenvalue weighted by molar-refractivity contribution is 7.78. The monoisotopic (exact) mass is 1240 g/mol. The number of benzene rings is 6. The lowest BCUT2D eigenvalue weighted by Crippen LogP contribution is -2.35. The van der Waals surface area contributed by atoms with Gasteiger partial charge in [-0.2, -0.15) is 0 Å². The molecule has 0 bridgehead atoms. The molecule has 0 aliphatic rings. The van der Waals surface area contributed by atoms with Gasteiger partial charge in [0.25, 0.3) is 0 Å². The molecule has 9 aromatic rings. The van der Waals surface area contributed by atoms with E-state index >= 15 is 0 Å². The summed E-state index contributed by atoms with van der Waals surface area (Å²) in [6, 6.07) is 54.8. The van der Waals surface area contributed by atoms with Crippen molar-refractivity contribution >= 4 is 112 Å². The summed E-state index contributed by atoms with van der Waals surface area (Å²) in [6.07, 6.45) is 8.88. The smallest absolute Gasteiger partial charge is 0.247 e. The van der Waals surface area contributed by atoms with E-state index in [9.17, 15) is 13.7 Å². The fraction of sp³-hybridized carbons (Fsp3) is 0.171. The number of nitrogens with one attached hydrogen (secondary N) is 2. The van der Waals surface area contributed by atoms with E-state index in [0.29, 0.717) is 22.6 Å². The molecule has 0 fully saturated rings. The van der Waals surface area contributed by atoms with Crippen LogP contribution in [-0.2, 0) is 13.7 Å². The Morgan fingerprint density at radius 3 is 1.14 bits per heavy atom. The van der Waals surface area contributed by atoms with E-state index in [1.165, 1.54) is 36.5 Å². The molecule has 0 radical (unpaired) electrons.